The van der Waals surface area contributed by atoms with Gasteiger partial charge in [-0.15, -0.1) is 0 Å². The van der Waals surface area contributed by atoms with E-state index >= 15 is 0 Å². The fraction of sp³-hybridized carbons (Fsp3) is 0.938. The van der Waals surface area contributed by atoms with E-state index in [-0.39, 0.29) is 6.03 Å². The van der Waals surface area contributed by atoms with E-state index < -0.39 is 0 Å². The lowest BCUT2D eigenvalue weighted by Crippen LogP contribution is -2.55. The monoisotopic (exact) mass is 313 g/mol. The number of thioether (sulfide) groups is 1. The average Bonchev–Trinajstić information content (AvgIpc) is 2.47. The molecule has 122 valence electrons. The molecular weight excluding hydrogens is 282 g/mol. The maximum absolute atomic E-state index is 12.6. The van der Waals surface area contributed by atoms with Gasteiger partial charge in [0.25, 0.3) is 0 Å². The number of urea groups is 1. The zero-order valence-corrected chi connectivity index (χ0v) is 14.8. The molecule has 0 aromatic carbocycles. The fourth-order valence-electron chi connectivity index (χ4n) is 3.87. The van der Waals surface area contributed by atoms with Crippen LogP contribution in [0.1, 0.15) is 39.0 Å². The summed E-state index contributed by atoms with van der Waals surface area (Å²) < 4.78 is 0. The molecule has 1 heterocycles. The van der Waals surface area contributed by atoms with Crippen LogP contribution in [-0.2, 0) is 0 Å². The highest BCUT2D eigenvalue weighted by Crippen LogP contribution is 2.27. The van der Waals surface area contributed by atoms with Gasteiger partial charge in [0.05, 0.1) is 0 Å². The lowest BCUT2D eigenvalue weighted by Gasteiger charge is -2.41. The molecule has 1 N–H and O–H groups in total. The summed E-state index contributed by atoms with van der Waals surface area (Å²) in [7, 11) is 4.14. The van der Waals surface area contributed by atoms with E-state index in [9.17, 15) is 4.79 Å². The van der Waals surface area contributed by atoms with Crippen molar-refractivity contribution in [3.8, 4) is 0 Å². The first kappa shape index (κ1) is 16.9. The first-order valence-corrected chi connectivity index (χ1v) is 9.56. The van der Waals surface area contributed by atoms with Crippen molar-refractivity contribution in [3.05, 3.63) is 0 Å². The van der Waals surface area contributed by atoms with Crippen LogP contribution < -0.4 is 5.32 Å². The molecule has 2 rings (SSSR count). The Bertz CT molecular complexity index is 352. The third-order valence-electron chi connectivity index (χ3n) is 5.20. The predicted molar refractivity (Wildman–Crippen MR) is 90.9 cm³/mol. The van der Waals surface area contributed by atoms with Gasteiger partial charge in [0.2, 0.25) is 0 Å². The Hall–Kier alpha value is -0.420. The molecule has 4 nitrogen and oxygen atoms in total. The zero-order chi connectivity index (χ0) is 15.4. The number of carbonyl (C=O) groups is 1. The van der Waals surface area contributed by atoms with Crippen LogP contribution in [0.2, 0.25) is 0 Å². The molecule has 0 aromatic rings. The van der Waals surface area contributed by atoms with Crippen LogP contribution in [0, 0.1) is 5.92 Å². The van der Waals surface area contributed by atoms with E-state index in [1.807, 2.05) is 23.7 Å². The minimum absolute atomic E-state index is 0.127. The molecule has 5 heteroatoms. The molecule has 0 unspecified atom stereocenters. The molecule has 1 saturated carbocycles. The van der Waals surface area contributed by atoms with Crippen molar-refractivity contribution in [1.29, 1.82) is 0 Å². The quantitative estimate of drug-likeness (QED) is 0.870. The Morgan fingerprint density at radius 3 is 2.67 bits per heavy atom. The first-order chi connectivity index (χ1) is 10.0. The highest BCUT2D eigenvalue weighted by Gasteiger charge is 2.32. The largest absolute Gasteiger partial charge is 0.334 e. The van der Waals surface area contributed by atoms with Gasteiger partial charge in [-0.05, 0) is 45.0 Å². The summed E-state index contributed by atoms with van der Waals surface area (Å²) in [5.74, 6) is 0.544. The van der Waals surface area contributed by atoms with Crippen molar-refractivity contribution in [2.45, 2.75) is 56.4 Å². The Balaban J connectivity index is 1.89. The highest BCUT2D eigenvalue weighted by molar-refractivity contribution is 7.99. The molecule has 4 atom stereocenters. The number of hydrogen-bond donors (Lipinski definition) is 1. The normalized spacial score (nSPS) is 34.5. The maximum Gasteiger partial charge on any atom is 0.317 e. The van der Waals surface area contributed by atoms with Crippen LogP contribution in [0.15, 0.2) is 0 Å². The van der Waals surface area contributed by atoms with Crippen LogP contribution in [-0.4, -0.2) is 66.6 Å². The van der Waals surface area contributed by atoms with Crippen LogP contribution in [0.25, 0.3) is 0 Å². The van der Waals surface area contributed by atoms with Gasteiger partial charge in [-0.1, -0.05) is 19.8 Å². The second kappa shape index (κ2) is 7.73. The van der Waals surface area contributed by atoms with Crippen molar-refractivity contribution in [2.24, 2.45) is 5.92 Å². The van der Waals surface area contributed by atoms with Gasteiger partial charge in [-0.3, -0.25) is 0 Å². The van der Waals surface area contributed by atoms with Gasteiger partial charge in [0.15, 0.2) is 0 Å². The number of likely N-dealkylation sites (tertiary alicyclic amines) is 1. The minimum atomic E-state index is 0.127. The molecule has 0 aromatic heterocycles. The molecule has 21 heavy (non-hydrogen) atoms. The highest BCUT2D eigenvalue weighted by atomic mass is 32.2. The van der Waals surface area contributed by atoms with E-state index in [4.69, 9.17) is 0 Å². The van der Waals surface area contributed by atoms with Gasteiger partial charge in [0.1, 0.15) is 0 Å². The fourth-order valence-corrected chi connectivity index (χ4v) is 4.81. The number of nitrogens with zero attached hydrogens (tertiary/aromatic N) is 2. The number of nitrogens with one attached hydrogen (secondary N) is 1. The van der Waals surface area contributed by atoms with Crippen molar-refractivity contribution >= 4 is 17.8 Å². The summed E-state index contributed by atoms with van der Waals surface area (Å²) in [6.45, 7) is 4.43. The molecule has 0 radical (unpaired) electrons. The summed E-state index contributed by atoms with van der Waals surface area (Å²) >= 11 is 1.90. The number of amides is 2. The van der Waals surface area contributed by atoms with Crippen LogP contribution in [0.4, 0.5) is 4.79 Å². The molecule has 1 aliphatic carbocycles. The topological polar surface area (TPSA) is 35.6 Å². The number of piperidine rings is 1. The van der Waals surface area contributed by atoms with Gasteiger partial charge < -0.3 is 15.1 Å². The van der Waals surface area contributed by atoms with Crippen molar-refractivity contribution in [1.82, 2.24) is 15.1 Å². The first-order valence-electron chi connectivity index (χ1n) is 8.27. The molecule has 2 fully saturated rings. The Morgan fingerprint density at radius 2 is 2.00 bits per heavy atom. The van der Waals surface area contributed by atoms with Crippen molar-refractivity contribution in [2.75, 3.05) is 33.4 Å². The third-order valence-corrected chi connectivity index (χ3v) is 6.36. The second-order valence-electron chi connectivity index (χ2n) is 6.82. The predicted octanol–water partition coefficient (Wildman–Crippen LogP) is 2.64. The molecular formula is C16H31N3OS. The Labute approximate surface area is 134 Å². The van der Waals surface area contributed by atoms with E-state index in [1.54, 1.807) is 0 Å². The molecule has 2 aliphatic rings. The van der Waals surface area contributed by atoms with E-state index in [0.29, 0.717) is 23.3 Å². The van der Waals surface area contributed by atoms with Gasteiger partial charge in [-0.2, -0.15) is 11.8 Å². The summed E-state index contributed by atoms with van der Waals surface area (Å²) in [6, 6.07) is 0.852. The number of rotatable bonds is 3. The lowest BCUT2D eigenvalue weighted by atomic mass is 9.93. The SMILES string of the molecule is CS[C@@H]1CCCC[C@@H]1NC(=O)N(C)[C@@H]1CCN(C)C[C@@H]1C. The summed E-state index contributed by atoms with van der Waals surface area (Å²) in [5, 5.41) is 3.89. The van der Waals surface area contributed by atoms with Gasteiger partial charge >= 0.3 is 6.03 Å². The zero-order valence-electron chi connectivity index (χ0n) is 14.0. The van der Waals surface area contributed by atoms with Gasteiger partial charge in [0, 0.05) is 30.9 Å². The standard InChI is InChI=1S/C16H31N3OS/c1-12-11-18(2)10-9-14(12)19(3)16(20)17-13-7-5-6-8-15(13)21-4/h12-15H,5-11H2,1-4H3,(H,17,20)/t12-,13-,14+,15+/m0/s1. The van der Waals surface area contributed by atoms with Gasteiger partial charge in [-0.25, -0.2) is 4.79 Å². The number of hydrogen-bond acceptors (Lipinski definition) is 3. The third kappa shape index (κ3) is 4.28. The Kier molecular flexibility index (Phi) is 6.23. The second-order valence-corrected chi connectivity index (χ2v) is 7.90. The summed E-state index contributed by atoms with van der Waals surface area (Å²) in [4.78, 5) is 16.9. The Morgan fingerprint density at radius 1 is 1.29 bits per heavy atom. The van der Waals surface area contributed by atoms with E-state index in [2.05, 4.69) is 30.4 Å². The minimum Gasteiger partial charge on any atom is -0.334 e. The maximum atomic E-state index is 12.6. The molecule has 1 saturated heterocycles. The molecule has 0 bridgehead atoms. The van der Waals surface area contributed by atoms with Crippen LogP contribution >= 0.6 is 11.8 Å². The molecule has 1 aliphatic heterocycles. The van der Waals surface area contributed by atoms with E-state index in [1.165, 1.54) is 19.3 Å². The average molecular weight is 314 g/mol. The van der Waals surface area contributed by atoms with Crippen LogP contribution in [0.5, 0.6) is 0 Å². The summed E-state index contributed by atoms with van der Waals surface area (Å²) in [6.07, 6.45) is 8.17. The van der Waals surface area contributed by atoms with E-state index in [0.717, 1.165) is 25.9 Å². The number of carbonyl (C=O) groups excluding carboxylic acids is 1. The molecule has 2 amide bonds. The van der Waals surface area contributed by atoms with Crippen molar-refractivity contribution in [3.63, 3.8) is 0 Å². The molecule has 0 spiro atoms. The smallest absolute Gasteiger partial charge is 0.317 e. The summed E-state index contributed by atoms with van der Waals surface area (Å²) in [5.41, 5.74) is 0. The lowest BCUT2D eigenvalue weighted by molar-refractivity contribution is 0.105. The van der Waals surface area contributed by atoms with Crippen LogP contribution in [0.3, 0.4) is 0 Å². The van der Waals surface area contributed by atoms with Crippen molar-refractivity contribution < 1.29 is 4.79 Å².